The smallest absolute Gasteiger partial charge is 0.308 e. The van der Waals surface area contributed by atoms with E-state index in [-0.39, 0.29) is 23.8 Å². The van der Waals surface area contributed by atoms with Crippen molar-refractivity contribution in [1.29, 1.82) is 0 Å². The minimum atomic E-state index is -0.459. The van der Waals surface area contributed by atoms with Crippen LogP contribution in [0.5, 0.6) is 0 Å². The van der Waals surface area contributed by atoms with E-state index in [4.69, 9.17) is 5.73 Å². The monoisotopic (exact) mass is 228 g/mol. The zero-order valence-corrected chi connectivity index (χ0v) is 10.1. The van der Waals surface area contributed by atoms with Crippen molar-refractivity contribution in [3.8, 4) is 0 Å². The first-order chi connectivity index (χ1) is 7.42. The molecule has 0 aromatic rings. The third-order valence-corrected chi connectivity index (χ3v) is 3.27. The van der Waals surface area contributed by atoms with Crippen LogP contribution < -0.4 is 11.1 Å². The SMILES string of the molecule is CCC(NC(C)=O)C1(N)CC(C(=O)OC)C1. The number of carbonyl (C=O) groups excluding carboxylic acids is 2. The van der Waals surface area contributed by atoms with Crippen LogP contribution in [-0.4, -0.2) is 30.6 Å². The normalized spacial score (nSPS) is 30.1. The molecule has 1 fully saturated rings. The van der Waals surface area contributed by atoms with Crippen molar-refractivity contribution in [2.45, 2.75) is 44.7 Å². The molecule has 5 heteroatoms. The summed E-state index contributed by atoms with van der Waals surface area (Å²) >= 11 is 0. The van der Waals surface area contributed by atoms with Crippen molar-refractivity contribution in [2.75, 3.05) is 7.11 Å². The number of hydrogen-bond donors (Lipinski definition) is 2. The minimum absolute atomic E-state index is 0.0640. The molecule has 0 aliphatic heterocycles. The van der Waals surface area contributed by atoms with Crippen LogP contribution in [0.4, 0.5) is 0 Å². The molecule has 1 amide bonds. The summed E-state index contributed by atoms with van der Waals surface area (Å²) in [6.07, 6.45) is 1.93. The molecule has 1 atom stereocenters. The number of nitrogens with two attached hydrogens (primary N) is 1. The molecule has 0 aromatic carbocycles. The molecular weight excluding hydrogens is 208 g/mol. The summed E-state index contributed by atoms with van der Waals surface area (Å²) in [5.41, 5.74) is 5.71. The molecule has 1 aliphatic carbocycles. The minimum Gasteiger partial charge on any atom is -0.469 e. The fraction of sp³-hybridized carbons (Fsp3) is 0.818. The molecular formula is C11H20N2O3. The summed E-state index contributed by atoms with van der Waals surface area (Å²) in [6, 6.07) is -0.0640. The Hall–Kier alpha value is -1.10. The predicted octanol–water partition coefficient (Wildman–Crippen LogP) is 0.182. The van der Waals surface area contributed by atoms with E-state index in [2.05, 4.69) is 10.1 Å². The van der Waals surface area contributed by atoms with E-state index >= 15 is 0 Å². The highest BCUT2D eigenvalue weighted by atomic mass is 16.5. The summed E-state index contributed by atoms with van der Waals surface area (Å²) in [4.78, 5) is 22.3. The Morgan fingerprint density at radius 3 is 2.50 bits per heavy atom. The van der Waals surface area contributed by atoms with Crippen LogP contribution in [0, 0.1) is 5.92 Å². The van der Waals surface area contributed by atoms with Gasteiger partial charge in [-0.3, -0.25) is 9.59 Å². The molecule has 0 radical (unpaired) electrons. The van der Waals surface area contributed by atoms with Crippen LogP contribution in [0.3, 0.4) is 0 Å². The lowest BCUT2D eigenvalue weighted by molar-refractivity contribution is -0.151. The second-order valence-corrected chi connectivity index (χ2v) is 4.52. The summed E-state index contributed by atoms with van der Waals surface area (Å²) < 4.78 is 4.66. The fourth-order valence-electron chi connectivity index (χ4n) is 2.37. The molecule has 1 unspecified atom stereocenters. The van der Waals surface area contributed by atoms with Crippen LogP contribution >= 0.6 is 0 Å². The van der Waals surface area contributed by atoms with E-state index < -0.39 is 5.54 Å². The zero-order chi connectivity index (χ0) is 12.3. The molecule has 0 heterocycles. The molecule has 1 rings (SSSR count). The molecule has 5 nitrogen and oxygen atoms in total. The lowest BCUT2D eigenvalue weighted by atomic mass is 9.64. The first kappa shape index (κ1) is 13.0. The molecule has 1 saturated carbocycles. The standard InChI is InChI=1S/C11H20N2O3/c1-4-9(13-7(2)14)11(12)5-8(6-11)10(15)16-3/h8-9H,4-6,12H2,1-3H3,(H,13,14). The number of carbonyl (C=O) groups is 2. The van der Waals surface area contributed by atoms with E-state index in [9.17, 15) is 9.59 Å². The van der Waals surface area contributed by atoms with Crippen molar-refractivity contribution in [1.82, 2.24) is 5.32 Å². The highest BCUT2D eigenvalue weighted by Crippen LogP contribution is 2.39. The van der Waals surface area contributed by atoms with Crippen molar-refractivity contribution in [2.24, 2.45) is 11.7 Å². The number of methoxy groups -OCH3 is 1. The molecule has 1 aliphatic rings. The van der Waals surface area contributed by atoms with Crippen LogP contribution in [0.15, 0.2) is 0 Å². The quantitative estimate of drug-likeness (QED) is 0.673. The lowest BCUT2D eigenvalue weighted by Crippen LogP contribution is -2.66. The van der Waals surface area contributed by atoms with Gasteiger partial charge in [0, 0.05) is 18.5 Å². The van der Waals surface area contributed by atoms with Gasteiger partial charge >= 0.3 is 5.97 Å². The predicted molar refractivity (Wildman–Crippen MR) is 59.6 cm³/mol. The van der Waals surface area contributed by atoms with E-state index in [1.807, 2.05) is 6.92 Å². The van der Waals surface area contributed by atoms with Gasteiger partial charge in [-0.2, -0.15) is 0 Å². The van der Waals surface area contributed by atoms with Crippen LogP contribution in [0.1, 0.15) is 33.1 Å². The topological polar surface area (TPSA) is 81.4 Å². The number of hydrogen-bond acceptors (Lipinski definition) is 4. The van der Waals surface area contributed by atoms with Gasteiger partial charge in [0.1, 0.15) is 0 Å². The van der Waals surface area contributed by atoms with Crippen LogP contribution in [0.25, 0.3) is 0 Å². The van der Waals surface area contributed by atoms with E-state index in [0.717, 1.165) is 6.42 Å². The second-order valence-electron chi connectivity index (χ2n) is 4.52. The van der Waals surface area contributed by atoms with E-state index in [1.54, 1.807) is 0 Å². The van der Waals surface area contributed by atoms with Gasteiger partial charge in [0.15, 0.2) is 0 Å². The Balaban J connectivity index is 2.54. The largest absolute Gasteiger partial charge is 0.469 e. The highest BCUT2D eigenvalue weighted by molar-refractivity contribution is 5.75. The summed E-state index contributed by atoms with van der Waals surface area (Å²) in [5, 5.41) is 2.83. The maximum Gasteiger partial charge on any atom is 0.308 e. The van der Waals surface area contributed by atoms with Gasteiger partial charge < -0.3 is 15.8 Å². The molecule has 0 aromatic heterocycles. The average Bonchev–Trinajstić information content (AvgIpc) is 2.20. The Morgan fingerprint density at radius 1 is 1.56 bits per heavy atom. The Kier molecular flexibility index (Phi) is 3.91. The van der Waals surface area contributed by atoms with Gasteiger partial charge in [-0.1, -0.05) is 6.92 Å². The van der Waals surface area contributed by atoms with Crippen molar-refractivity contribution in [3.05, 3.63) is 0 Å². The maximum absolute atomic E-state index is 11.2. The zero-order valence-electron chi connectivity index (χ0n) is 10.1. The van der Waals surface area contributed by atoms with Gasteiger partial charge in [0.2, 0.25) is 5.91 Å². The number of amides is 1. The Labute approximate surface area is 95.7 Å². The molecule has 0 bridgehead atoms. The van der Waals surface area contributed by atoms with Gasteiger partial charge in [-0.25, -0.2) is 0 Å². The van der Waals surface area contributed by atoms with Crippen LogP contribution in [-0.2, 0) is 14.3 Å². The molecule has 0 saturated heterocycles. The van der Waals surface area contributed by atoms with Gasteiger partial charge in [-0.05, 0) is 19.3 Å². The Bertz CT molecular complexity index is 285. The first-order valence-corrected chi connectivity index (χ1v) is 5.56. The van der Waals surface area contributed by atoms with Gasteiger partial charge in [0.05, 0.1) is 13.0 Å². The number of ether oxygens (including phenoxy) is 1. The van der Waals surface area contributed by atoms with Gasteiger partial charge in [0.25, 0.3) is 0 Å². The second kappa shape index (κ2) is 4.82. The fourth-order valence-corrected chi connectivity index (χ4v) is 2.37. The van der Waals surface area contributed by atoms with Crippen molar-refractivity contribution in [3.63, 3.8) is 0 Å². The number of esters is 1. The first-order valence-electron chi connectivity index (χ1n) is 5.56. The summed E-state index contributed by atoms with van der Waals surface area (Å²) in [7, 11) is 1.38. The highest BCUT2D eigenvalue weighted by Gasteiger charge is 2.49. The summed E-state index contributed by atoms with van der Waals surface area (Å²) in [5.74, 6) is -0.408. The average molecular weight is 228 g/mol. The van der Waals surface area contributed by atoms with Gasteiger partial charge in [-0.15, -0.1) is 0 Å². The third kappa shape index (κ3) is 2.52. The molecule has 92 valence electrons. The van der Waals surface area contributed by atoms with Crippen LogP contribution in [0.2, 0.25) is 0 Å². The lowest BCUT2D eigenvalue weighted by Gasteiger charge is -2.48. The maximum atomic E-state index is 11.2. The molecule has 0 spiro atoms. The van der Waals surface area contributed by atoms with Crippen molar-refractivity contribution < 1.29 is 14.3 Å². The number of rotatable bonds is 4. The van der Waals surface area contributed by atoms with E-state index in [0.29, 0.717) is 12.8 Å². The molecule has 16 heavy (non-hydrogen) atoms. The third-order valence-electron chi connectivity index (χ3n) is 3.27. The van der Waals surface area contributed by atoms with E-state index in [1.165, 1.54) is 14.0 Å². The number of nitrogens with one attached hydrogen (secondary N) is 1. The Morgan fingerprint density at radius 2 is 2.12 bits per heavy atom. The summed E-state index contributed by atoms with van der Waals surface area (Å²) in [6.45, 7) is 3.45. The van der Waals surface area contributed by atoms with Crippen molar-refractivity contribution >= 4 is 11.9 Å². The molecule has 3 N–H and O–H groups in total.